The molecule has 0 aliphatic carbocycles. The van der Waals surface area contributed by atoms with Crippen LogP contribution in [0.4, 0.5) is 11.5 Å². The number of nitrogens with zero attached hydrogens (tertiary/aromatic N) is 1. The molecule has 0 atom stereocenters. The van der Waals surface area contributed by atoms with E-state index in [0.717, 1.165) is 4.90 Å². The van der Waals surface area contributed by atoms with E-state index in [0.29, 0.717) is 38.4 Å². The van der Waals surface area contributed by atoms with Gasteiger partial charge in [-0.3, -0.25) is 14.4 Å². The van der Waals surface area contributed by atoms with E-state index < -0.39 is 11.8 Å². The second-order valence-corrected chi connectivity index (χ2v) is 10.1. The van der Waals surface area contributed by atoms with E-state index in [4.69, 9.17) is 27.7 Å². The largest absolute Gasteiger partial charge is 0.360 e. The number of rotatable bonds is 9. The molecule has 8 nitrogen and oxygen atoms in total. The first-order valence-corrected chi connectivity index (χ1v) is 13.3. The fraction of sp³-hybridized carbons (Fsp3) is 0.0714. The Hall–Kier alpha value is -4.05. The van der Waals surface area contributed by atoms with Crippen molar-refractivity contribution >= 4 is 70.3 Å². The predicted molar refractivity (Wildman–Crippen MR) is 154 cm³/mol. The molecular weight excluding hydrogens is 559 g/mol. The molecule has 3 N–H and O–H groups in total. The number of benzene rings is 3. The Morgan fingerprint density at radius 1 is 0.949 bits per heavy atom. The average Bonchev–Trinajstić information content (AvgIpc) is 3.33. The maximum absolute atomic E-state index is 13.3. The van der Waals surface area contributed by atoms with Crippen LogP contribution < -0.4 is 16.0 Å². The van der Waals surface area contributed by atoms with Gasteiger partial charge in [0, 0.05) is 32.3 Å². The van der Waals surface area contributed by atoms with Crippen LogP contribution in [0.2, 0.25) is 10.0 Å². The maximum Gasteiger partial charge on any atom is 0.272 e. The number of carbonyl (C=O) groups is 3. The Morgan fingerprint density at radius 3 is 2.46 bits per heavy atom. The lowest BCUT2D eigenvalue weighted by Crippen LogP contribution is -2.30. The van der Waals surface area contributed by atoms with Crippen molar-refractivity contribution in [3.8, 4) is 0 Å². The summed E-state index contributed by atoms with van der Waals surface area (Å²) in [6.45, 7) is 1.73. The van der Waals surface area contributed by atoms with Gasteiger partial charge in [0.15, 0.2) is 5.82 Å². The van der Waals surface area contributed by atoms with Gasteiger partial charge >= 0.3 is 0 Å². The highest BCUT2D eigenvalue weighted by molar-refractivity contribution is 8.00. The van der Waals surface area contributed by atoms with Crippen molar-refractivity contribution in [2.75, 3.05) is 16.4 Å². The summed E-state index contributed by atoms with van der Waals surface area (Å²) in [5, 5.41) is 12.6. The van der Waals surface area contributed by atoms with Gasteiger partial charge < -0.3 is 20.5 Å². The molecule has 0 aliphatic rings. The highest BCUT2D eigenvalue weighted by Gasteiger charge is 2.16. The van der Waals surface area contributed by atoms with Crippen molar-refractivity contribution in [2.24, 2.45) is 0 Å². The molecule has 4 rings (SSSR count). The number of anilines is 2. The number of thioether (sulfide) groups is 1. The first-order chi connectivity index (χ1) is 18.8. The summed E-state index contributed by atoms with van der Waals surface area (Å²) in [6.07, 6.45) is 1.48. The number of carbonyl (C=O) groups excluding carboxylic acids is 3. The Balaban J connectivity index is 1.48. The number of halogens is 2. The Kier molecular flexibility index (Phi) is 9.43. The summed E-state index contributed by atoms with van der Waals surface area (Å²) in [5.41, 5.74) is 1.33. The fourth-order valence-corrected chi connectivity index (χ4v) is 4.55. The van der Waals surface area contributed by atoms with E-state index in [-0.39, 0.29) is 17.4 Å². The van der Waals surface area contributed by atoms with Crippen molar-refractivity contribution in [3.05, 3.63) is 111 Å². The minimum Gasteiger partial charge on any atom is -0.360 e. The van der Waals surface area contributed by atoms with Gasteiger partial charge in [0.05, 0.1) is 5.75 Å². The van der Waals surface area contributed by atoms with Gasteiger partial charge in [-0.1, -0.05) is 58.7 Å². The zero-order valence-corrected chi connectivity index (χ0v) is 22.9. The van der Waals surface area contributed by atoms with Crippen LogP contribution in [0, 0.1) is 6.92 Å². The van der Waals surface area contributed by atoms with Crippen LogP contribution in [0.25, 0.3) is 6.08 Å². The molecule has 1 heterocycles. The molecule has 1 aromatic heterocycles. The van der Waals surface area contributed by atoms with Crippen molar-refractivity contribution in [3.63, 3.8) is 0 Å². The molecular formula is C28H22Cl2N4O4S. The molecule has 0 fully saturated rings. The summed E-state index contributed by atoms with van der Waals surface area (Å²) in [4.78, 5) is 39.1. The molecule has 0 saturated heterocycles. The molecule has 0 bridgehead atoms. The van der Waals surface area contributed by atoms with Gasteiger partial charge in [0.2, 0.25) is 5.91 Å². The number of amides is 3. The van der Waals surface area contributed by atoms with Gasteiger partial charge in [0.25, 0.3) is 11.8 Å². The second-order valence-electron chi connectivity index (χ2n) is 8.19. The van der Waals surface area contributed by atoms with E-state index in [1.165, 1.54) is 17.8 Å². The summed E-state index contributed by atoms with van der Waals surface area (Å²) in [7, 11) is 0. The van der Waals surface area contributed by atoms with Crippen LogP contribution in [0.5, 0.6) is 0 Å². The Labute approximate surface area is 238 Å². The molecule has 11 heteroatoms. The smallest absolute Gasteiger partial charge is 0.272 e. The third-order valence-corrected chi connectivity index (χ3v) is 6.70. The van der Waals surface area contributed by atoms with Crippen LogP contribution in [-0.4, -0.2) is 28.6 Å². The van der Waals surface area contributed by atoms with Crippen molar-refractivity contribution in [2.45, 2.75) is 11.8 Å². The zero-order valence-electron chi connectivity index (χ0n) is 20.5. The standard InChI is InChI=1S/C28H22Cl2N4O4S/c1-17-12-25(34-38-17)33-26(35)16-39-22-9-5-8-21(15-22)31-28(37)24(13-19-10-11-20(29)14-23(19)30)32-27(36)18-6-3-2-4-7-18/h2-15H,16H2,1H3,(H,31,37)(H,32,36)(H,33,34,35)/b24-13+. The normalized spacial score (nSPS) is 11.1. The van der Waals surface area contributed by atoms with Gasteiger partial charge in [0.1, 0.15) is 11.5 Å². The number of nitrogens with one attached hydrogen (secondary N) is 3. The fourth-order valence-electron chi connectivity index (χ4n) is 3.33. The molecule has 0 radical (unpaired) electrons. The number of aryl methyl sites for hydroxylation is 1. The topological polar surface area (TPSA) is 113 Å². The first kappa shape index (κ1) is 28.0. The van der Waals surface area contributed by atoms with Crippen LogP contribution in [0.3, 0.4) is 0 Å². The third kappa shape index (κ3) is 8.22. The molecule has 39 heavy (non-hydrogen) atoms. The number of aromatic nitrogens is 1. The molecule has 0 saturated carbocycles. The predicted octanol–water partition coefficient (Wildman–Crippen LogP) is 6.43. The molecule has 0 unspecified atom stereocenters. The van der Waals surface area contributed by atoms with Gasteiger partial charge in [-0.25, -0.2) is 0 Å². The highest BCUT2D eigenvalue weighted by Crippen LogP contribution is 2.25. The van der Waals surface area contributed by atoms with E-state index >= 15 is 0 Å². The minimum absolute atomic E-state index is 0.0200. The van der Waals surface area contributed by atoms with E-state index in [1.54, 1.807) is 79.7 Å². The maximum atomic E-state index is 13.3. The summed E-state index contributed by atoms with van der Waals surface area (Å²) < 4.78 is 4.94. The van der Waals surface area contributed by atoms with Gasteiger partial charge in [-0.2, -0.15) is 0 Å². The molecule has 0 aliphatic heterocycles. The molecule has 3 aromatic carbocycles. The lowest BCUT2D eigenvalue weighted by molar-refractivity contribution is -0.114. The quantitative estimate of drug-likeness (QED) is 0.155. The van der Waals surface area contributed by atoms with Crippen molar-refractivity contribution in [1.82, 2.24) is 10.5 Å². The Morgan fingerprint density at radius 2 is 1.74 bits per heavy atom. The highest BCUT2D eigenvalue weighted by atomic mass is 35.5. The summed E-state index contributed by atoms with van der Waals surface area (Å²) >= 11 is 13.6. The van der Waals surface area contributed by atoms with E-state index in [2.05, 4.69) is 21.1 Å². The number of hydrogen-bond acceptors (Lipinski definition) is 6. The van der Waals surface area contributed by atoms with E-state index in [1.807, 2.05) is 6.07 Å². The van der Waals surface area contributed by atoms with Crippen LogP contribution in [-0.2, 0) is 9.59 Å². The van der Waals surface area contributed by atoms with Gasteiger partial charge in [-0.15, -0.1) is 11.8 Å². The van der Waals surface area contributed by atoms with Gasteiger partial charge in [-0.05, 0) is 61.0 Å². The molecule has 3 amide bonds. The SMILES string of the molecule is Cc1cc(NC(=O)CSc2cccc(NC(=O)/C(=C\c3ccc(Cl)cc3Cl)NC(=O)c3ccccc3)c2)no1. The summed E-state index contributed by atoms with van der Waals surface area (Å²) in [6, 6.07) is 22.0. The monoisotopic (exact) mass is 580 g/mol. The van der Waals surface area contributed by atoms with Crippen molar-refractivity contribution < 1.29 is 18.9 Å². The molecule has 4 aromatic rings. The minimum atomic E-state index is -0.563. The van der Waals surface area contributed by atoms with Crippen molar-refractivity contribution in [1.29, 1.82) is 0 Å². The van der Waals surface area contributed by atoms with E-state index in [9.17, 15) is 14.4 Å². The first-order valence-electron chi connectivity index (χ1n) is 11.6. The molecule has 198 valence electrons. The molecule has 0 spiro atoms. The lowest BCUT2D eigenvalue weighted by atomic mass is 10.1. The number of hydrogen-bond donors (Lipinski definition) is 3. The lowest BCUT2D eigenvalue weighted by Gasteiger charge is -2.12. The summed E-state index contributed by atoms with van der Waals surface area (Å²) in [5.74, 6) is -0.218. The van der Waals surface area contributed by atoms with Crippen LogP contribution in [0.15, 0.2) is 94.0 Å². The second kappa shape index (κ2) is 13.1. The van der Waals surface area contributed by atoms with Crippen LogP contribution in [0.1, 0.15) is 21.7 Å². The zero-order chi connectivity index (χ0) is 27.8. The third-order valence-electron chi connectivity index (χ3n) is 5.15. The average molecular weight is 581 g/mol. The Bertz CT molecular complexity index is 1540. The van der Waals surface area contributed by atoms with Crippen LogP contribution >= 0.6 is 35.0 Å².